The lowest BCUT2D eigenvalue weighted by molar-refractivity contribution is 0.354. The molecule has 4 rings (SSSR count). The van der Waals surface area contributed by atoms with Crippen LogP contribution >= 0.6 is 11.3 Å². The van der Waals surface area contributed by atoms with Crippen LogP contribution in [0.2, 0.25) is 0 Å². The first-order valence-electron chi connectivity index (χ1n) is 8.40. The number of benzene rings is 1. The van der Waals surface area contributed by atoms with E-state index in [1.54, 1.807) is 25.6 Å². The predicted molar refractivity (Wildman–Crippen MR) is 101 cm³/mol. The standard InChI is InChI=1S/C19H21N3O2S/c1-11-10-25-19-17(11)18(20-13-5-6-13)21-16(22-19)9-12-4-7-14(23-2)15(8-12)24-3/h4,7-8,10,13H,5-6,9H2,1-3H3,(H,20,21,22). The molecule has 25 heavy (non-hydrogen) atoms. The average Bonchev–Trinajstić information content (AvgIpc) is 3.35. The molecule has 1 aliphatic carbocycles. The Bertz CT molecular complexity index is 918. The maximum atomic E-state index is 5.40. The van der Waals surface area contributed by atoms with Crippen LogP contribution in [0.25, 0.3) is 10.2 Å². The lowest BCUT2D eigenvalue weighted by atomic mass is 10.1. The van der Waals surface area contributed by atoms with Gasteiger partial charge in [-0.15, -0.1) is 11.3 Å². The van der Waals surface area contributed by atoms with Crippen LogP contribution in [0.5, 0.6) is 11.5 Å². The van der Waals surface area contributed by atoms with Crippen molar-refractivity contribution in [1.29, 1.82) is 0 Å². The van der Waals surface area contributed by atoms with E-state index in [2.05, 4.69) is 17.6 Å². The average molecular weight is 355 g/mol. The normalized spacial score (nSPS) is 13.9. The van der Waals surface area contributed by atoms with E-state index < -0.39 is 0 Å². The van der Waals surface area contributed by atoms with Crippen LogP contribution in [0.15, 0.2) is 23.6 Å². The van der Waals surface area contributed by atoms with Crippen molar-refractivity contribution in [2.75, 3.05) is 19.5 Å². The third kappa shape index (κ3) is 3.26. The molecule has 2 heterocycles. The Morgan fingerprint density at radius 1 is 1.16 bits per heavy atom. The molecular weight excluding hydrogens is 334 g/mol. The number of nitrogens with one attached hydrogen (secondary N) is 1. The molecule has 1 N–H and O–H groups in total. The Morgan fingerprint density at radius 2 is 1.96 bits per heavy atom. The first kappa shape index (κ1) is 16.1. The molecule has 1 aromatic carbocycles. The summed E-state index contributed by atoms with van der Waals surface area (Å²) in [6.07, 6.45) is 3.10. The summed E-state index contributed by atoms with van der Waals surface area (Å²) in [7, 11) is 3.29. The molecule has 0 amide bonds. The first-order chi connectivity index (χ1) is 12.2. The Hall–Kier alpha value is -2.34. The quantitative estimate of drug-likeness (QED) is 0.719. The minimum absolute atomic E-state index is 0.561. The molecule has 5 nitrogen and oxygen atoms in total. The van der Waals surface area contributed by atoms with Crippen molar-refractivity contribution in [3.8, 4) is 11.5 Å². The van der Waals surface area contributed by atoms with Crippen molar-refractivity contribution in [3.05, 3.63) is 40.5 Å². The van der Waals surface area contributed by atoms with Crippen LogP contribution in [-0.2, 0) is 6.42 Å². The van der Waals surface area contributed by atoms with Crippen LogP contribution in [0.4, 0.5) is 5.82 Å². The first-order valence-corrected chi connectivity index (χ1v) is 9.28. The van der Waals surface area contributed by atoms with Crippen molar-refractivity contribution in [1.82, 2.24) is 9.97 Å². The number of rotatable bonds is 6. The largest absolute Gasteiger partial charge is 0.493 e. The Kier molecular flexibility index (Phi) is 4.21. The highest BCUT2D eigenvalue weighted by atomic mass is 32.1. The van der Waals surface area contributed by atoms with Gasteiger partial charge in [0.1, 0.15) is 16.5 Å². The zero-order valence-corrected chi connectivity index (χ0v) is 15.4. The van der Waals surface area contributed by atoms with Gasteiger partial charge < -0.3 is 14.8 Å². The number of hydrogen-bond donors (Lipinski definition) is 1. The van der Waals surface area contributed by atoms with Gasteiger partial charge in [-0.2, -0.15) is 0 Å². The van der Waals surface area contributed by atoms with Gasteiger partial charge in [0.25, 0.3) is 0 Å². The van der Waals surface area contributed by atoms with Gasteiger partial charge in [0, 0.05) is 12.5 Å². The summed E-state index contributed by atoms with van der Waals surface area (Å²) < 4.78 is 10.7. The van der Waals surface area contributed by atoms with Crippen LogP contribution in [0.3, 0.4) is 0 Å². The van der Waals surface area contributed by atoms with E-state index >= 15 is 0 Å². The smallest absolute Gasteiger partial charge is 0.161 e. The molecule has 2 aromatic heterocycles. The number of thiophene rings is 1. The number of ether oxygens (including phenoxy) is 2. The third-order valence-corrected chi connectivity index (χ3v) is 5.38. The summed E-state index contributed by atoms with van der Waals surface area (Å²) in [6, 6.07) is 6.50. The molecule has 6 heteroatoms. The van der Waals surface area contributed by atoms with Gasteiger partial charge in [0.05, 0.1) is 19.6 Å². The van der Waals surface area contributed by atoms with Crippen LogP contribution in [0, 0.1) is 6.92 Å². The lowest BCUT2D eigenvalue weighted by Crippen LogP contribution is -2.07. The van der Waals surface area contributed by atoms with Gasteiger partial charge in [0.15, 0.2) is 11.5 Å². The van der Waals surface area contributed by atoms with Gasteiger partial charge in [-0.3, -0.25) is 0 Å². The summed E-state index contributed by atoms with van der Waals surface area (Å²) in [5.41, 5.74) is 2.34. The Labute approximate surface area is 151 Å². The molecule has 0 spiro atoms. The fourth-order valence-electron chi connectivity index (χ4n) is 2.91. The molecule has 1 fully saturated rings. The number of anilines is 1. The molecule has 3 aromatic rings. The molecular formula is C19H21N3O2S. The molecule has 1 aliphatic rings. The fraction of sp³-hybridized carbons (Fsp3) is 0.368. The molecule has 0 unspecified atom stereocenters. The zero-order valence-electron chi connectivity index (χ0n) is 14.6. The fourth-order valence-corrected chi connectivity index (χ4v) is 3.85. The number of hydrogen-bond acceptors (Lipinski definition) is 6. The van der Waals surface area contributed by atoms with Crippen LogP contribution in [0.1, 0.15) is 29.8 Å². The molecule has 0 atom stereocenters. The third-order valence-electron chi connectivity index (χ3n) is 4.39. The summed E-state index contributed by atoms with van der Waals surface area (Å²) >= 11 is 1.68. The lowest BCUT2D eigenvalue weighted by Gasteiger charge is -2.11. The Morgan fingerprint density at radius 3 is 2.68 bits per heavy atom. The van der Waals surface area contributed by atoms with E-state index in [1.807, 2.05) is 18.2 Å². The van der Waals surface area contributed by atoms with Gasteiger partial charge >= 0.3 is 0 Å². The van der Waals surface area contributed by atoms with Crippen molar-refractivity contribution in [2.45, 2.75) is 32.2 Å². The van der Waals surface area contributed by atoms with Crippen molar-refractivity contribution >= 4 is 27.4 Å². The van der Waals surface area contributed by atoms with Crippen molar-refractivity contribution in [3.63, 3.8) is 0 Å². The van der Waals surface area contributed by atoms with Crippen molar-refractivity contribution in [2.24, 2.45) is 0 Å². The van der Waals surface area contributed by atoms with Gasteiger partial charge in [-0.1, -0.05) is 6.07 Å². The summed E-state index contributed by atoms with van der Waals surface area (Å²) in [5.74, 6) is 3.25. The number of aromatic nitrogens is 2. The number of fused-ring (bicyclic) bond motifs is 1. The predicted octanol–water partition coefficient (Wildman–Crippen LogP) is 4.18. The minimum Gasteiger partial charge on any atom is -0.493 e. The van der Waals surface area contributed by atoms with Gasteiger partial charge in [-0.05, 0) is 48.4 Å². The SMILES string of the molecule is COc1ccc(Cc2nc(NC3CC3)c3c(C)csc3n2)cc1OC. The molecule has 130 valence electrons. The van der Waals surface area contributed by atoms with E-state index in [-0.39, 0.29) is 0 Å². The van der Waals surface area contributed by atoms with E-state index in [4.69, 9.17) is 19.4 Å². The number of aryl methyl sites for hydroxylation is 1. The molecule has 0 bridgehead atoms. The maximum absolute atomic E-state index is 5.40. The topological polar surface area (TPSA) is 56.3 Å². The molecule has 0 aliphatic heterocycles. The second kappa shape index (κ2) is 6.52. The van der Waals surface area contributed by atoms with E-state index in [0.717, 1.165) is 38.9 Å². The van der Waals surface area contributed by atoms with Gasteiger partial charge in [-0.25, -0.2) is 9.97 Å². The Balaban J connectivity index is 1.69. The summed E-state index contributed by atoms with van der Waals surface area (Å²) in [5, 5.41) is 6.87. The van der Waals surface area contributed by atoms with Crippen molar-refractivity contribution < 1.29 is 9.47 Å². The zero-order chi connectivity index (χ0) is 17.4. The highest BCUT2D eigenvalue weighted by Crippen LogP contribution is 2.34. The summed E-state index contributed by atoms with van der Waals surface area (Å²) in [4.78, 5) is 10.6. The second-order valence-electron chi connectivity index (χ2n) is 6.37. The maximum Gasteiger partial charge on any atom is 0.161 e. The van der Waals surface area contributed by atoms with Crippen LogP contribution < -0.4 is 14.8 Å². The number of methoxy groups -OCH3 is 2. The monoisotopic (exact) mass is 355 g/mol. The molecule has 0 radical (unpaired) electrons. The second-order valence-corrected chi connectivity index (χ2v) is 7.23. The number of nitrogens with zero attached hydrogens (tertiary/aromatic N) is 2. The molecule has 0 saturated heterocycles. The van der Waals surface area contributed by atoms with Crippen LogP contribution in [-0.4, -0.2) is 30.2 Å². The van der Waals surface area contributed by atoms with E-state index in [9.17, 15) is 0 Å². The minimum atomic E-state index is 0.561. The molecule has 1 saturated carbocycles. The highest BCUT2D eigenvalue weighted by molar-refractivity contribution is 7.17. The van der Waals surface area contributed by atoms with E-state index in [0.29, 0.717) is 12.5 Å². The van der Waals surface area contributed by atoms with E-state index in [1.165, 1.54) is 18.4 Å². The summed E-state index contributed by atoms with van der Waals surface area (Å²) in [6.45, 7) is 2.12. The highest BCUT2D eigenvalue weighted by Gasteiger charge is 2.23. The van der Waals surface area contributed by atoms with Gasteiger partial charge in [0.2, 0.25) is 0 Å².